The van der Waals surface area contributed by atoms with E-state index in [1.54, 1.807) is 0 Å². The minimum atomic E-state index is -0.350. The highest BCUT2D eigenvalue weighted by Gasteiger charge is 2.18. The summed E-state index contributed by atoms with van der Waals surface area (Å²) in [4.78, 5) is 24.0. The largest absolute Gasteiger partial charge is 0.452 e. The smallest absolute Gasteiger partial charge is 0.258 e. The van der Waals surface area contributed by atoms with Gasteiger partial charge in [0.1, 0.15) is 0 Å². The molecule has 0 radical (unpaired) electrons. The minimum Gasteiger partial charge on any atom is -0.452 e. The highest BCUT2D eigenvalue weighted by atomic mass is 35.5. The van der Waals surface area contributed by atoms with Crippen LogP contribution >= 0.6 is 11.6 Å². The number of carbonyl (C=O) groups excluding carboxylic acids is 2. The van der Waals surface area contributed by atoms with E-state index in [0.29, 0.717) is 0 Å². The minimum absolute atomic E-state index is 0.0170. The van der Waals surface area contributed by atoms with E-state index >= 15 is 0 Å². The molecule has 0 saturated heterocycles. The van der Waals surface area contributed by atoms with E-state index in [4.69, 9.17) is 16.0 Å². The van der Waals surface area contributed by atoms with Gasteiger partial charge in [-0.05, 0) is 17.7 Å². The summed E-state index contributed by atoms with van der Waals surface area (Å²) in [6.45, 7) is -0.0170. The number of furan rings is 1. The van der Waals surface area contributed by atoms with E-state index in [2.05, 4.69) is 5.32 Å². The molecule has 1 aromatic rings. The summed E-state index contributed by atoms with van der Waals surface area (Å²) < 4.78 is 4.78. The van der Waals surface area contributed by atoms with Gasteiger partial charge in [-0.25, -0.2) is 0 Å². The molecule has 82 valence electrons. The van der Waals surface area contributed by atoms with E-state index in [-0.39, 0.29) is 29.1 Å². The summed E-state index contributed by atoms with van der Waals surface area (Å²) in [5.41, 5.74) is 0.253. The van der Waals surface area contributed by atoms with Crippen molar-refractivity contribution in [1.82, 2.24) is 10.2 Å². The molecule has 15 heavy (non-hydrogen) atoms. The SMILES string of the molecule is CNC(=O)CN(C)C(=O)c1ccoc1Cl. The monoisotopic (exact) mass is 230 g/mol. The third kappa shape index (κ3) is 2.73. The van der Waals surface area contributed by atoms with Crippen LogP contribution in [0.3, 0.4) is 0 Å². The first-order valence-corrected chi connectivity index (χ1v) is 4.63. The Bertz CT molecular complexity index is 375. The van der Waals surface area contributed by atoms with Crippen molar-refractivity contribution in [3.63, 3.8) is 0 Å². The Morgan fingerprint density at radius 2 is 2.27 bits per heavy atom. The average molecular weight is 231 g/mol. The van der Waals surface area contributed by atoms with Gasteiger partial charge in [-0.15, -0.1) is 0 Å². The number of nitrogens with one attached hydrogen (secondary N) is 1. The van der Waals surface area contributed by atoms with Gasteiger partial charge in [-0.1, -0.05) is 0 Å². The van der Waals surface area contributed by atoms with Crippen molar-refractivity contribution in [1.29, 1.82) is 0 Å². The van der Waals surface area contributed by atoms with Gasteiger partial charge >= 0.3 is 0 Å². The molecule has 0 aliphatic carbocycles. The fourth-order valence-electron chi connectivity index (χ4n) is 1.02. The first-order chi connectivity index (χ1) is 7.06. The van der Waals surface area contributed by atoms with Crippen LogP contribution in [0.1, 0.15) is 10.4 Å². The van der Waals surface area contributed by atoms with Gasteiger partial charge < -0.3 is 14.6 Å². The van der Waals surface area contributed by atoms with Crippen LogP contribution in [0.5, 0.6) is 0 Å². The molecule has 1 rings (SSSR count). The molecule has 0 saturated carbocycles. The molecule has 0 spiro atoms. The van der Waals surface area contributed by atoms with Crippen molar-refractivity contribution < 1.29 is 14.0 Å². The molecule has 0 fully saturated rings. The second-order valence-corrected chi connectivity index (χ2v) is 3.29. The lowest BCUT2D eigenvalue weighted by molar-refractivity contribution is -0.121. The molecule has 6 heteroatoms. The zero-order valence-corrected chi connectivity index (χ0v) is 9.17. The summed E-state index contributed by atoms with van der Waals surface area (Å²) in [6, 6.07) is 1.46. The van der Waals surface area contributed by atoms with E-state index in [1.807, 2.05) is 0 Å². The molecule has 1 N–H and O–H groups in total. The van der Waals surface area contributed by atoms with E-state index in [0.717, 1.165) is 0 Å². The van der Waals surface area contributed by atoms with Gasteiger partial charge in [0.05, 0.1) is 18.4 Å². The fourth-order valence-corrected chi connectivity index (χ4v) is 1.21. The molecular weight excluding hydrogens is 220 g/mol. The average Bonchev–Trinajstić information content (AvgIpc) is 2.63. The van der Waals surface area contributed by atoms with Crippen LogP contribution in [0.4, 0.5) is 0 Å². The van der Waals surface area contributed by atoms with Crippen LogP contribution in [-0.2, 0) is 4.79 Å². The zero-order chi connectivity index (χ0) is 11.4. The summed E-state index contributed by atoms with van der Waals surface area (Å²) in [5, 5.41) is 2.45. The van der Waals surface area contributed by atoms with E-state index in [9.17, 15) is 9.59 Å². The molecule has 1 heterocycles. The van der Waals surface area contributed by atoms with Crippen molar-refractivity contribution in [3.05, 3.63) is 23.1 Å². The van der Waals surface area contributed by atoms with Crippen molar-refractivity contribution in [2.75, 3.05) is 20.6 Å². The van der Waals surface area contributed by atoms with Crippen molar-refractivity contribution in [2.24, 2.45) is 0 Å². The van der Waals surface area contributed by atoms with Crippen LogP contribution in [0.15, 0.2) is 16.7 Å². The van der Waals surface area contributed by atoms with Crippen LogP contribution in [0, 0.1) is 0 Å². The normalized spacial score (nSPS) is 9.80. The zero-order valence-electron chi connectivity index (χ0n) is 8.41. The van der Waals surface area contributed by atoms with Gasteiger partial charge in [-0.2, -0.15) is 0 Å². The highest BCUT2D eigenvalue weighted by molar-refractivity contribution is 6.32. The second-order valence-electron chi connectivity index (χ2n) is 2.94. The Hall–Kier alpha value is -1.49. The molecule has 1 aromatic heterocycles. The summed E-state index contributed by atoms with van der Waals surface area (Å²) >= 11 is 5.63. The lowest BCUT2D eigenvalue weighted by atomic mass is 10.3. The first-order valence-electron chi connectivity index (χ1n) is 4.25. The topological polar surface area (TPSA) is 62.6 Å². The summed E-state index contributed by atoms with van der Waals surface area (Å²) in [6.07, 6.45) is 1.32. The Morgan fingerprint density at radius 3 is 2.73 bits per heavy atom. The molecular formula is C9H11ClN2O3. The van der Waals surface area contributed by atoms with Gasteiger partial charge in [0, 0.05) is 14.1 Å². The lowest BCUT2D eigenvalue weighted by Gasteiger charge is -2.14. The van der Waals surface area contributed by atoms with Crippen molar-refractivity contribution >= 4 is 23.4 Å². The van der Waals surface area contributed by atoms with Crippen LogP contribution in [0.25, 0.3) is 0 Å². The Balaban J connectivity index is 2.69. The maximum atomic E-state index is 11.7. The number of amides is 2. The molecule has 0 bridgehead atoms. The number of rotatable bonds is 3. The maximum absolute atomic E-state index is 11.7. The van der Waals surface area contributed by atoms with Gasteiger partial charge in [0.2, 0.25) is 11.1 Å². The number of hydrogen-bond donors (Lipinski definition) is 1. The van der Waals surface area contributed by atoms with Crippen LogP contribution < -0.4 is 5.32 Å². The van der Waals surface area contributed by atoms with Crippen molar-refractivity contribution in [2.45, 2.75) is 0 Å². The maximum Gasteiger partial charge on any atom is 0.258 e. The number of nitrogens with zero attached hydrogens (tertiary/aromatic N) is 1. The van der Waals surface area contributed by atoms with E-state index < -0.39 is 0 Å². The molecule has 2 amide bonds. The fraction of sp³-hybridized carbons (Fsp3) is 0.333. The quantitative estimate of drug-likeness (QED) is 0.834. The standard InChI is InChI=1S/C9H11ClN2O3/c1-11-7(13)5-12(2)9(14)6-3-4-15-8(6)10/h3-4H,5H2,1-2H3,(H,11,13). The molecule has 0 aromatic carbocycles. The van der Waals surface area contributed by atoms with Gasteiger partial charge in [0.15, 0.2) is 0 Å². The number of likely N-dealkylation sites (N-methyl/N-ethyl adjacent to an activating group) is 2. The Labute approximate surface area is 92.0 Å². The van der Waals surface area contributed by atoms with Crippen molar-refractivity contribution in [3.8, 4) is 0 Å². The molecule has 0 unspecified atom stereocenters. The van der Waals surface area contributed by atoms with Crippen LogP contribution in [-0.4, -0.2) is 37.4 Å². The van der Waals surface area contributed by atoms with E-state index in [1.165, 1.54) is 31.3 Å². The number of hydrogen-bond acceptors (Lipinski definition) is 3. The predicted molar refractivity (Wildman–Crippen MR) is 54.7 cm³/mol. The number of halogens is 1. The van der Waals surface area contributed by atoms with Gasteiger partial charge in [-0.3, -0.25) is 9.59 Å². The molecule has 0 atom stereocenters. The second kappa shape index (κ2) is 4.84. The lowest BCUT2D eigenvalue weighted by Crippen LogP contribution is -2.36. The highest BCUT2D eigenvalue weighted by Crippen LogP contribution is 2.17. The Morgan fingerprint density at radius 1 is 1.60 bits per heavy atom. The molecule has 5 nitrogen and oxygen atoms in total. The summed E-state index contributed by atoms with van der Waals surface area (Å²) in [7, 11) is 3.02. The Kier molecular flexibility index (Phi) is 3.74. The third-order valence-corrected chi connectivity index (χ3v) is 2.15. The van der Waals surface area contributed by atoms with Crippen LogP contribution in [0.2, 0.25) is 5.22 Å². The summed E-state index contributed by atoms with van der Waals surface area (Å²) in [5.74, 6) is -0.595. The first kappa shape index (κ1) is 11.6. The number of carbonyl (C=O) groups is 2. The third-order valence-electron chi connectivity index (χ3n) is 1.85. The molecule has 0 aliphatic heterocycles. The van der Waals surface area contributed by atoms with Gasteiger partial charge in [0.25, 0.3) is 5.91 Å². The molecule has 0 aliphatic rings. The predicted octanol–water partition coefficient (Wildman–Crippen LogP) is 0.751.